The van der Waals surface area contributed by atoms with Crippen molar-refractivity contribution in [2.24, 2.45) is 0 Å². The molecule has 0 unspecified atom stereocenters. The molecule has 0 heterocycles. The molecule has 40 heavy (non-hydrogen) atoms. The number of halogens is 3. The van der Waals surface area contributed by atoms with Crippen LogP contribution in [0.3, 0.4) is 0 Å². The Labute approximate surface area is 240 Å². The van der Waals surface area contributed by atoms with Gasteiger partial charge in [-0.25, -0.2) is 8.42 Å². The van der Waals surface area contributed by atoms with Crippen molar-refractivity contribution in [1.82, 2.24) is 0 Å². The normalized spacial score (nSPS) is 20.6. The van der Waals surface area contributed by atoms with E-state index in [1.54, 1.807) is 49.1 Å². The van der Waals surface area contributed by atoms with E-state index in [9.17, 15) is 13.2 Å². The smallest absolute Gasteiger partial charge is 0.485 e. The lowest BCUT2D eigenvalue weighted by molar-refractivity contribution is -0.0517. The number of hydrogen-bond donors (Lipinski definition) is 0. The minimum Gasteiger partial charge on any atom is -0.741 e. The summed E-state index contributed by atoms with van der Waals surface area (Å²) >= 11 is 0. The summed E-state index contributed by atoms with van der Waals surface area (Å²) in [7, 11) is -6.35. The van der Waals surface area contributed by atoms with Crippen LogP contribution in [-0.2, 0) is 10.1 Å². The van der Waals surface area contributed by atoms with Crippen LogP contribution in [0.4, 0.5) is 13.2 Å². The molecule has 0 amide bonds. The maximum atomic E-state index is 10.7. The molecule has 3 nitrogen and oxygen atoms in total. The van der Waals surface area contributed by atoms with Gasteiger partial charge in [-0.15, -0.1) is 0 Å². The summed E-state index contributed by atoms with van der Waals surface area (Å²) < 4.78 is 58.9. The quantitative estimate of drug-likeness (QED) is 0.185. The summed E-state index contributed by atoms with van der Waals surface area (Å²) in [5.74, 6) is 0. The molecule has 3 fully saturated rings. The summed E-state index contributed by atoms with van der Waals surface area (Å²) in [6.45, 7) is -1.21. The van der Waals surface area contributed by atoms with E-state index in [1.165, 1.54) is 57.8 Å². The van der Waals surface area contributed by atoms with Crippen molar-refractivity contribution in [2.75, 3.05) is 0 Å². The van der Waals surface area contributed by atoms with Gasteiger partial charge in [0.05, 0.1) is 23.9 Å². The van der Waals surface area contributed by atoms with E-state index in [2.05, 4.69) is 60.7 Å². The fourth-order valence-corrected chi connectivity index (χ4v) is 24.1. The molecule has 3 aliphatic rings. The van der Waals surface area contributed by atoms with E-state index in [0.29, 0.717) is 0 Å². The van der Waals surface area contributed by atoms with Crippen LogP contribution in [0, 0.1) is 0 Å². The Morgan fingerprint density at radius 3 is 1.12 bits per heavy atom. The Morgan fingerprint density at radius 1 is 0.600 bits per heavy atom. The van der Waals surface area contributed by atoms with Crippen molar-refractivity contribution in [3.05, 3.63) is 60.7 Å². The van der Waals surface area contributed by atoms with Crippen LogP contribution in [0.1, 0.15) is 96.3 Å². The predicted octanol–water partition coefficient (Wildman–Crippen LogP) is 9.10. The van der Waals surface area contributed by atoms with E-state index in [0.717, 1.165) is 17.0 Å². The summed E-state index contributed by atoms with van der Waals surface area (Å²) in [6, 6.07) is 24.0. The molecule has 2 aromatic rings. The third-order valence-corrected chi connectivity index (χ3v) is 23.4. The van der Waals surface area contributed by atoms with Crippen LogP contribution in [0.15, 0.2) is 60.7 Å². The van der Waals surface area contributed by atoms with Gasteiger partial charge in [0, 0.05) is 10.6 Å². The van der Waals surface area contributed by atoms with E-state index in [-0.39, 0.29) is 7.61 Å². The molecule has 3 saturated carbocycles. The molecule has 0 aliphatic heterocycles. The SMILES string of the molecule is O=S(=O)([O-])C(F)(F)F.c1ccc(P(c2ccccc2)[P+](C2CCCCC2)(C2CCCCC2)C2CCCCC2)cc1. The minimum absolute atomic E-state index is 0.256. The molecule has 3 aliphatic carbocycles. The van der Waals surface area contributed by atoms with Crippen LogP contribution in [-0.4, -0.2) is 35.5 Å². The molecule has 222 valence electrons. The average Bonchev–Trinajstić information content (AvgIpc) is 2.97. The predicted molar refractivity (Wildman–Crippen MR) is 162 cm³/mol. The molecule has 0 bridgehead atoms. The number of hydrogen-bond acceptors (Lipinski definition) is 3. The highest BCUT2D eigenvalue weighted by atomic mass is 32.2. The molecule has 0 aromatic heterocycles. The molecular weight excluding hydrogens is 571 g/mol. The van der Waals surface area contributed by atoms with Gasteiger partial charge in [-0.1, -0.05) is 79.9 Å². The highest BCUT2D eigenvalue weighted by Gasteiger charge is 2.62. The molecule has 0 N–H and O–H groups in total. The highest BCUT2D eigenvalue weighted by Crippen LogP contribution is 2.93. The van der Waals surface area contributed by atoms with Crippen molar-refractivity contribution in [2.45, 2.75) is 119 Å². The molecular formula is C31H43F3O3P2S. The molecule has 0 radical (unpaired) electrons. The Balaban J connectivity index is 0.000000406. The van der Waals surface area contributed by atoms with Crippen molar-refractivity contribution < 1.29 is 26.1 Å². The van der Waals surface area contributed by atoms with Crippen LogP contribution >= 0.6 is 14.6 Å². The maximum absolute atomic E-state index is 10.7. The van der Waals surface area contributed by atoms with Gasteiger partial charge in [-0.2, -0.15) is 13.2 Å². The lowest BCUT2D eigenvalue weighted by Gasteiger charge is -2.52. The molecule has 2 aromatic carbocycles. The van der Waals surface area contributed by atoms with E-state index in [4.69, 9.17) is 13.0 Å². The average molecular weight is 615 g/mol. The standard InChI is InChI=1S/C30H43P2.CHF3O3S/c1-6-16-26(17-7-1)31(27-18-8-2-9-19-27)32(28-20-10-3-11-21-28,29-22-12-4-13-23-29)30-24-14-5-15-25-30;2-1(3,4)8(5,6)7/h1-2,6-9,16-19,28-30H,3-5,10-15,20-25H2;(H,5,6,7)/q+1;/p-1. The monoisotopic (exact) mass is 614 g/mol. The summed E-state index contributed by atoms with van der Waals surface area (Å²) in [5, 5.41) is 3.42. The number of alkyl halides is 3. The second-order valence-electron chi connectivity index (χ2n) is 11.6. The Hall–Kier alpha value is -1.00. The Kier molecular flexibility index (Phi) is 11.5. The van der Waals surface area contributed by atoms with Gasteiger partial charge in [-0.05, 0) is 77.0 Å². The highest BCUT2D eigenvalue weighted by molar-refractivity contribution is 8.44. The lowest BCUT2D eigenvalue weighted by Crippen LogP contribution is -2.38. The first-order valence-corrected chi connectivity index (χ1v) is 20.4. The van der Waals surface area contributed by atoms with Gasteiger partial charge in [0.15, 0.2) is 10.1 Å². The lowest BCUT2D eigenvalue weighted by atomic mass is 9.99. The first-order valence-electron chi connectivity index (χ1n) is 15.0. The van der Waals surface area contributed by atoms with E-state index in [1.807, 2.05) is 0 Å². The van der Waals surface area contributed by atoms with Gasteiger partial charge >= 0.3 is 5.51 Å². The van der Waals surface area contributed by atoms with Gasteiger partial charge in [-0.3, -0.25) is 0 Å². The summed E-state index contributed by atoms with van der Waals surface area (Å²) in [5.41, 5.74) is -2.54. The van der Waals surface area contributed by atoms with Gasteiger partial charge < -0.3 is 4.55 Å². The Morgan fingerprint density at radius 2 is 0.875 bits per heavy atom. The zero-order valence-corrected chi connectivity index (χ0v) is 25.9. The summed E-state index contributed by atoms with van der Waals surface area (Å²) in [6.07, 6.45) is 22.7. The van der Waals surface area contributed by atoms with Gasteiger partial charge in [0.1, 0.15) is 7.61 Å². The minimum atomic E-state index is -6.09. The van der Waals surface area contributed by atoms with Crippen molar-refractivity contribution in [3.63, 3.8) is 0 Å². The fraction of sp³-hybridized carbons (Fsp3) is 0.613. The topological polar surface area (TPSA) is 57.2 Å². The molecule has 9 heteroatoms. The van der Waals surface area contributed by atoms with Crippen molar-refractivity contribution >= 4 is 35.3 Å². The fourth-order valence-electron chi connectivity index (χ4n) is 7.56. The third-order valence-electron chi connectivity index (χ3n) is 9.11. The first kappa shape index (κ1) is 31.9. The maximum Gasteiger partial charge on any atom is 0.485 e. The number of benzene rings is 2. The molecule has 0 spiro atoms. The van der Waals surface area contributed by atoms with Crippen LogP contribution in [0.2, 0.25) is 0 Å². The zero-order valence-electron chi connectivity index (χ0n) is 23.3. The van der Waals surface area contributed by atoms with Crippen LogP contribution < -0.4 is 10.6 Å². The molecule has 0 atom stereocenters. The Bertz CT molecular complexity index is 1040. The number of rotatable bonds is 6. The van der Waals surface area contributed by atoms with Crippen LogP contribution in [0.25, 0.3) is 0 Å². The molecule has 5 rings (SSSR count). The van der Waals surface area contributed by atoms with Gasteiger partial charge in [0.25, 0.3) is 0 Å². The van der Waals surface area contributed by atoms with Gasteiger partial charge in [0.2, 0.25) is 0 Å². The largest absolute Gasteiger partial charge is 0.741 e. The van der Waals surface area contributed by atoms with Crippen molar-refractivity contribution in [1.29, 1.82) is 0 Å². The first-order chi connectivity index (χ1) is 19.2. The van der Waals surface area contributed by atoms with Crippen LogP contribution in [0.5, 0.6) is 0 Å². The summed E-state index contributed by atoms with van der Waals surface area (Å²) in [4.78, 5) is 0. The van der Waals surface area contributed by atoms with E-state index < -0.39 is 22.6 Å². The molecule has 0 saturated heterocycles. The second kappa shape index (κ2) is 14.5. The third kappa shape index (κ3) is 7.49. The van der Waals surface area contributed by atoms with E-state index >= 15 is 0 Å². The zero-order chi connectivity index (χ0) is 28.6. The second-order valence-corrected chi connectivity index (χ2v) is 21.6. The van der Waals surface area contributed by atoms with Crippen molar-refractivity contribution in [3.8, 4) is 0 Å².